The van der Waals surface area contributed by atoms with E-state index in [9.17, 15) is 19.1 Å². The highest BCUT2D eigenvalue weighted by atomic mass is 35.5. The molecule has 4 heterocycles. The fraction of sp³-hybridized carbons (Fsp3) is 0.414. The van der Waals surface area contributed by atoms with Gasteiger partial charge in [-0.05, 0) is 43.5 Å². The van der Waals surface area contributed by atoms with Crippen molar-refractivity contribution in [1.82, 2.24) is 25.2 Å². The number of ether oxygens (including phenoxy) is 1. The smallest absolute Gasteiger partial charge is 0.255 e. The summed E-state index contributed by atoms with van der Waals surface area (Å²) in [6.07, 6.45) is 3.23. The normalized spacial score (nSPS) is 16.6. The maximum absolute atomic E-state index is 14.6. The maximum Gasteiger partial charge on any atom is 0.255 e. The Morgan fingerprint density at radius 3 is 2.71 bits per heavy atom. The van der Waals surface area contributed by atoms with Crippen LogP contribution in [0.4, 0.5) is 16.2 Å². The van der Waals surface area contributed by atoms with E-state index < -0.39 is 30.4 Å². The van der Waals surface area contributed by atoms with Crippen molar-refractivity contribution < 1.29 is 23.8 Å². The molecule has 3 aromatic rings. The number of fused-ring (bicyclic) bond motifs is 1. The van der Waals surface area contributed by atoms with Crippen LogP contribution in [0.15, 0.2) is 36.5 Å². The quantitative estimate of drug-likeness (QED) is 0.340. The van der Waals surface area contributed by atoms with Crippen LogP contribution in [0.3, 0.4) is 0 Å². The third-order valence-electron chi connectivity index (χ3n) is 7.51. The van der Waals surface area contributed by atoms with Crippen LogP contribution in [0.1, 0.15) is 47.4 Å². The van der Waals surface area contributed by atoms with Crippen molar-refractivity contribution >= 4 is 35.2 Å². The molecule has 222 valence electrons. The first-order valence-corrected chi connectivity index (χ1v) is 14.1. The van der Waals surface area contributed by atoms with Gasteiger partial charge >= 0.3 is 0 Å². The molecular weight excluding hydrogens is 565 g/mol. The van der Waals surface area contributed by atoms with E-state index in [1.54, 1.807) is 32.0 Å². The van der Waals surface area contributed by atoms with Gasteiger partial charge in [0.05, 0.1) is 29.6 Å². The monoisotopic (exact) mass is 597 g/mol. The second kappa shape index (κ2) is 12.6. The predicted octanol–water partition coefficient (Wildman–Crippen LogP) is 3.18. The highest BCUT2D eigenvalue weighted by Gasteiger charge is 2.35. The second-order valence-electron chi connectivity index (χ2n) is 10.6. The van der Waals surface area contributed by atoms with Gasteiger partial charge in [0.1, 0.15) is 23.4 Å². The van der Waals surface area contributed by atoms with Gasteiger partial charge < -0.3 is 30.3 Å². The van der Waals surface area contributed by atoms with Crippen LogP contribution >= 0.6 is 11.6 Å². The number of nitrogens with zero attached hydrogens (tertiary/aromatic N) is 5. The van der Waals surface area contributed by atoms with E-state index in [0.717, 1.165) is 18.4 Å². The number of carbonyl (C=O) groups excluding carboxylic acids is 2. The van der Waals surface area contributed by atoms with E-state index in [4.69, 9.17) is 16.3 Å². The number of benzene rings is 1. The minimum Gasteiger partial charge on any atom is -0.394 e. The molecule has 1 fully saturated rings. The van der Waals surface area contributed by atoms with Crippen molar-refractivity contribution in [3.63, 3.8) is 0 Å². The number of hydrogen-bond donors (Lipinski definition) is 3. The summed E-state index contributed by atoms with van der Waals surface area (Å²) in [5.74, 6) is -0.613. The topological polar surface area (TPSA) is 133 Å². The predicted molar refractivity (Wildman–Crippen MR) is 156 cm³/mol. The third-order valence-corrected chi connectivity index (χ3v) is 7.78. The molecule has 0 bridgehead atoms. The van der Waals surface area contributed by atoms with E-state index in [2.05, 4.69) is 25.6 Å². The number of rotatable bonds is 9. The van der Waals surface area contributed by atoms with Gasteiger partial charge in [0.25, 0.3) is 5.91 Å². The average molecular weight is 598 g/mol. The number of aromatic nitrogens is 3. The molecule has 2 atom stereocenters. The summed E-state index contributed by atoms with van der Waals surface area (Å²) < 4.78 is 20.0. The Morgan fingerprint density at radius 1 is 1.24 bits per heavy atom. The molecule has 2 aromatic heterocycles. The highest BCUT2D eigenvalue weighted by Crippen LogP contribution is 2.32. The van der Waals surface area contributed by atoms with E-state index in [-0.39, 0.29) is 24.2 Å². The lowest BCUT2D eigenvalue weighted by molar-refractivity contribution is -0.126. The minimum atomic E-state index is -1.09. The summed E-state index contributed by atoms with van der Waals surface area (Å²) in [5, 5.41) is 16.3. The summed E-state index contributed by atoms with van der Waals surface area (Å²) in [6, 6.07) is 6.32. The molecule has 2 unspecified atom stereocenters. The summed E-state index contributed by atoms with van der Waals surface area (Å²) in [5.41, 5.74) is 2.23. The molecular formula is C29H33ClFN7O4. The summed E-state index contributed by atoms with van der Waals surface area (Å²) in [7, 11) is 3.51. The van der Waals surface area contributed by atoms with Crippen LogP contribution in [0.5, 0.6) is 0 Å². The van der Waals surface area contributed by atoms with Gasteiger partial charge in [-0.3, -0.25) is 9.59 Å². The molecule has 0 spiro atoms. The number of nitrogens with one attached hydrogen (secondary N) is 2. The Hall–Kier alpha value is -3.87. The average Bonchev–Trinajstić information content (AvgIpc) is 3.32. The van der Waals surface area contributed by atoms with Crippen molar-refractivity contribution in [2.45, 2.75) is 44.4 Å². The summed E-state index contributed by atoms with van der Waals surface area (Å²) in [6.45, 7) is 2.58. The fourth-order valence-corrected chi connectivity index (χ4v) is 5.22. The minimum absolute atomic E-state index is 0.0858. The lowest BCUT2D eigenvalue weighted by Gasteiger charge is -2.26. The Bertz CT molecular complexity index is 1480. The van der Waals surface area contributed by atoms with Crippen molar-refractivity contribution in [2.24, 2.45) is 0 Å². The number of pyridine rings is 1. The number of hydrogen-bond acceptors (Lipinski definition) is 9. The van der Waals surface area contributed by atoms with Crippen LogP contribution in [0.2, 0.25) is 5.02 Å². The zero-order chi connectivity index (χ0) is 30.0. The van der Waals surface area contributed by atoms with Gasteiger partial charge in [0.2, 0.25) is 11.9 Å². The number of aliphatic hydroxyl groups excluding tert-OH is 1. The first-order chi connectivity index (χ1) is 20.2. The largest absolute Gasteiger partial charge is 0.394 e. The van der Waals surface area contributed by atoms with Crippen molar-refractivity contribution in [1.29, 1.82) is 0 Å². The number of carbonyl (C=O) groups is 2. The standard InChI is InChI=1S/C29H33ClFN7O4/c1-16(27(40)34-23(15-39)26-22(31)6-7-24(35-26)37(2)3)38-14-18-5-4-17(12-20(18)28(38)41)25-21(30)13-32-29(36-25)33-19-8-10-42-11-9-19/h4-7,12-13,16,19,23,39H,8-11,14-15H2,1-3H3,(H,34,40)(H,32,33,36). The summed E-state index contributed by atoms with van der Waals surface area (Å²) in [4.78, 5) is 43.0. The van der Waals surface area contributed by atoms with Crippen molar-refractivity contribution in [3.05, 3.63) is 64.2 Å². The van der Waals surface area contributed by atoms with Crippen molar-refractivity contribution in [2.75, 3.05) is 44.1 Å². The fourth-order valence-electron chi connectivity index (χ4n) is 5.02. The SMILES string of the molecule is CC(C(=O)NC(CO)c1nc(N(C)C)ccc1F)N1Cc2ccc(-c3nc(NC4CCOCC4)ncc3Cl)cc2C1=O. The molecule has 13 heteroatoms. The first-order valence-electron chi connectivity index (χ1n) is 13.7. The van der Waals surface area contributed by atoms with E-state index >= 15 is 0 Å². The number of halogens is 2. The molecule has 0 radical (unpaired) electrons. The lowest BCUT2D eigenvalue weighted by Crippen LogP contribution is -2.47. The van der Waals surface area contributed by atoms with E-state index in [0.29, 0.717) is 46.8 Å². The van der Waals surface area contributed by atoms with Crippen LogP contribution in [0, 0.1) is 5.82 Å². The van der Waals surface area contributed by atoms with Crippen molar-refractivity contribution in [3.8, 4) is 11.3 Å². The first kappa shape index (κ1) is 29.6. The Kier molecular flexibility index (Phi) is 8.85. The Balaban J connectivity index is 1.31. The second-order valence-corrected chi connectivity index (χ2v) is 11.0. The molecule has 2 aliphatic rings. The van der Waals surface area contributed by atoms with Gasteiger partial charge in [-0.15, -0.1) is 0 Å². The third kappa shape index (κ3) is 6.15. The Morgan fingerprint density at radius 2 is 2.00 bits per heavy atom. The molecule has 42 heavy (non-hydrogen) atoms. The van der Waals surface area contributed by atoms with Crippen LogP contribution in [0.25, 0.3) is 11.3 Å². The number of anilines is 2. The molecule has 0 aliphatic carbocycles. The van der Waals surface area contributed by atoms with Gasteiger partial charge in [-0.25, -0.2) is 19.3 Å². The Labute approximate surface area is 248 Å². The van der Waals surface area contributed by atoms with Gasteiger partial charge in [0, 0.05) is 51.0 Å². The van der Waals surface area contributed by atoms with Gasteiger partial charge in [-0.2, -0.15) is 0 Å². The zero-order valence-corrected chi connectivity index (χ0v) is 24.4. The molecule has 5 rings (SSSR count). The van der Waals surface area contributed by atoms with E-state index in [1.165, 1.54) is 23.2 Å². The molecule has 3 N–H and O–H groups in total. The van der Waals surface area contributed by atoms with Crippen LogP contribution in [-0.2, 0) is 16.1 Å². The highest BCUT2D eigenvalue weighted by molar-refractivity contribution is 6.33. The molecule has 11 nitrogen and oxygen atoms in total. The molecule has 1 aromatic carbocycles. The summed E-state index contributed by atoms with van der Waals surface area (Å²) >= 11 is 6.46. The molecule has 1 saturated heterocycles. The molecule has 0 saturated carbocycles. The number of amides is 2. The molecule has 2 aliphatic heterocycles. The number of aliphatic hydroxyl groups is 1. The van der Waals surface area contributed by atoms with Gasteiger partial charge in [0.15, 0.2) is 0 Å². The van der Waals surface area contributed by atoms with E-state index in [1.807, 2.05) is 12.1 Å². The maximum atomic E-state index is 14.6. The van der Waals surface area contributed by atoms with Crippen LogP contribution < -0.4 is 15.5 Å². The van der Waals surface area contributed by atoms with Crippen LogP contribution in [-0.4, -0.2) is 82.8 Å². The molecule has 2 amide bonds. The van der Waals surface area contributed by atoms with Gasteiger partial charge in [-0.1, -0.05) is 23.7 Å². The lowest BCUT2D eigenvalue weighted by atomic mass is 10.0. The zero-order valence-electron chi connectivity index (χ0n) is 23.6.